The molecule has 2 aliphatic heterocycles. The van der Waals surface area contributed by atoms with E-state index in [9.17, 15) is 0 Å². The Hall–Kier alpha value is -2.05. The highest BCUT2D eigenvalue weighted by molar-refractivity contribution is 5.28. The van der Waals surface area contributed by atoms with Crippen molar-refractivity contribution in [3.05, 3.63) is 48.5 Å². The van der Waals surface area contributed by atoms with Crippen LogP contribution in [-0.4, -0.2) is 58.2 Å². The van der Waals surface area contributed by atoms with E-state index in [4.69, 9.17) is 4.74 Å². The number of anilines is 1. The monoisotopic (exact) mass is 325 g/mol. The van der Waals surface area contributed by atoms with E-state index in [1.807, 2.05) is 36.9 Å². The number of rotatable bonds is 3. The lowest BCUT2D eigenvalue weighted by Crippen LogP contribution is -2.50. The third-order valence-corrected chi connectivity index (χ3v) is 4.93. The molecular formula is C18H23N5O. The van der Waals surface area contributed by atoms with Gasteiger partial charge in [-0.3, -0.25) is 9.88 Å². The van der Waals surface area contributed by atoms with Crippen molar-refractivity contribution in [2.45, 2.75) is 31.5 Å². The topological polar surface area (TPSA) is 54.4 Å². The lowest BCUT2D eigenvalue weighted by atomic mass is 10.0. The number of nitrogens with zero attached hydrogens (tertiary/aromatic N) is 5. The van der Waals surface area contributed by atoms with Gasteiger partial charge in [-0.05, 0) is 30.5 Å². The van der Waals surface area contributed by atoms with Crippen LogP contribution in [0, 0.1) is 0 Å². The number of ether oxygens (including phenoxy) is 1. The van der Waals surface area contributed by atoms with Gasteiger partial charge in [0.2, 0.25) is 5.95 Å². The molecule has 4 rings (SSSR count). The number of pyridine rings is 1. The van der Waals surface area contributed by atoms with E-state index in [0.717, 1.165) is 51.6 Å². The van der Waals surface area contributed by atoms with Crippen LogP contribution in [0.25, 0.3) is 0 Å². The summed E-state index contributed by atoms with van der Waals surface area (Å²) in [5.74, 6) is 0.829. The van der Waals surface area contributed by atoms with Gasteiger partial charge in [0.25, 0.3) is 0 Å². The van der Waals surface area contributed by atoms with Crippen molar-refractivity contribution in [1.82, 2.24) is 19.9 Å². The second-order valence-corrected chi connectivity index (χ2v) is 6.42. The Balaban J connectivity index is 1.46. The first-order valence-corrected chi connectivity index (χ1v) is 8.67. The molecule has 2 aliphatic rings. The van der Waals surface area contributed by atoms with Crippen molar-refractivity contribution >= 4 is 5.95 Å². The third-order valence-electron chi connectivity index (χ3n) is 4.93. The van der Waals surface area contributed by atoms with Crippen LogP contribution in [0.3, 0.4) is 0 Å². The fourth-order valence-electron chi connectivity index (χ4n) is 3.74. The molecule has 6 heteroatoms. The van der Waals surface area contributed by atoms with Crippen molar-refractivity contribution in [2.75, 3.05) is 31.1 Å². The van der Waals surface area contributed by atoms with Gasteiger partial charge in [0.1, 0.15) is 0 Å². The Bertz CT molecular complexity index is 638. The molecule has 0 amide bonds. The second-order valence-electron chi connectivity index (χ2n) is 6.42. The summed E-state index contributed by atoms with van der Waals surface area (Å²) in [5.41, 5.74) is 1.27. The quantitative estimate of drug-likeness (QED) is 0.857. The first-order chi connectivity index (χ1) is 11.9. The van der Waals surface area contributed by atoms with Crippen LogP contribution in [0.5, 0.6) is 0 Å². The predicted molar refractivity (Wildman–Crippen MR) is 91.7 cm³/mol. The van der Waals surface area contributed by atoms with Crippen molar-refractivity contribution < 1.29 is 4.74 Å². The standard InChI is InChI=1S/C18H23N5O/c1-3-15(13-19-6-1)14-23-11-12-24-17-5-10-22(9-4-16(17)23)18-20-7-2-8-21-18/h1-3,6-8,13,16-17H,4-5,9-12,14H2/t16-,17+/m1/s1. The molecule has 0 unspecified atom stereocenters. The minimum absolute atomic E-state index is 0.295. The van der Waals surface area contributed by atoms with Crippen LogP contribution in [0.2, 0.25) is 0 Å². The molecule has 2 saturated heterocycles. The fourth-order valence-corrected chi connectivity index (χ4v) is 3.74. The average molecular weight is 325 g/mol. The van der Waals surface area contributed by atoms with Gasteiger partial charge in [0.05, 0.1) is 12.7 Å². The molecule has 6 nitrogen and oxygen atoms in total. The summed E-state index contributed by atoms with van der Waals surface area (Å²) in [6, 6.07) is 6.47. The smallest absolute Gasteiger partial charge is 0.225 e. The van der Waals surface area contributed by atoms with Crippen molar-refractivity contribution in [3.63, 3.8) is 0 Å². The predicted octanol–water partition coefficient (Wildman–Crippen LogP) is 1.74. The van der Waals surface area contributed by atoms with Crippen LogP contribution >= 0.6 is 0 Å². The summed E-state index contributed by atoms with van der Waals surface area (Å²) >= 11 is 0. The van der Waals surface area contributed by atoms with Crippen LogP contribution in [0.15, 0.2) is 43.0 Å². The molecule has 0 aromatic carbocycles. The molecule has 24 heavy (non-hydrogen) atoms. The van der Waals surface area contributed by atoms with E-state index in [-0.39, 0.29) is 0 Å². The van der Waals surface area contributed by atoms with E-state index in [1.54, 1.807) is 0 Å². The zero-order valence-corrected chi connectivity index (χ0v) is 13.8. The van der Waals surface area contributed by atoms with Gasteiger partial charge in [-0.2, -0.15) is 0 Å². The number of fused-ring (bicyclic) bond motifs is 1. The van der Waals surface area contributed by atoms with Gasteiger partial charge in [0.15, 0.2) is 0 Å². The Morgan fingerprint density at radius 2 is 1.92 bits per heavy atom. The molecule has 2 fully saturated rings. The maximum Gasteiger partial charge on any atom is 0.225 e. The molecule has 126 valence electrons. The van der Waals surface area contributed by atoms with E-state index in [0.29, 0.717) is 12.1 Å². The van der Waals surface area contributed by atoms with E-state index in [1.165, 1.54) is 5.56 Å². The zero-order valence-electron chi connectivity index (χ0n) is 13.8. The summed E-state index contributed by atoms with van der Waals surface area (Å²) in [6.45, 7) is 4.66. The molecule has 2 aromatic rings. The largest absolute Gasteiger partial charge is 0.375 e. The second kappa shape index (κ2) is 7.23. The fraction of sp³-hybridized carbons (Fsp3) is 0.500. The van der Waals surface area contributed by atoms with Gasteiger partial charge in [-0.25, -0.2) is 9.97 Å². The zero-order chi connectivity index (χ0) is 16.2. The number of hydrogen-bond acceptors (Lipinski definition) is 6. The first kappa shape index (κ1) is 15.5. The Labute approximate surface area is 142 Å². The van der Waals surface area contributed by atoms with Gasteiger partial charge in [-0.1, -0.05) is 6.07 Å². The molecular weight excluding hydrogens is 302 g/mol. The maximum atomic E-state index is 6.09. The van der Waals surface area contributed by atoms with Gasteiger partial charge >= 0.3 is 0 Å². The molecule has 0 saturated carbocycles. The summed E-state index contributed by atoms with van der Waals surface area (Å²) in [4.78, 5) is 17.9. The first-order valence-electron chi connectivity index (χ1n) is 8.67. The van der Waals surface area contributed by atoms with Gasteiger partial charge < -0.3 is 9.64 Å². The average Bonchev–Trinajstić information content (AvgIpc) is 2.87. The highest BCUT2D eigenvalue weighted by Gasteiger charge is 2.35. The lowest BCUT2D eigenvalue weighted by molar-refractivity contribution is -0.0746. The normalized spacial score (nSPS) is 25.1. The Morgan fingerprint density at radius 3 is 2.75 bits per heavy atom. The maximum absolute atomic E-state index is 6.09. The molecule has 0 radical (unpaired) electrons. The van der Waals surface area contributed by atoms with Crippen molar-refractivity contribution in [2.24, 2.45) is 0 Å². The van der Waals surface area contributed by atoms with E-state index < -0.39 is 0 Å². The summed E-state index contributed by atoms with van der Waals surface area (Å²) in [6.07, 6.45) is 9.80. The lowest BCUT2D eigenvalue weighted by Gasteiger charge is -2.40. The molecule has 0 N–H and O–H groups in total. The van der Waals surface area contributed by atoms with Crippen LogP contribution in [0.4, 0.5) is 5.95 Å². The van der Waals surface area contributed by atoms with E-state index in [2.05, 4.69) is 30.8 Å². The van der Waals surface area contributed by atoms with Crippen molar-refractivity contribution in [3.8, 4) is 0 Å². The molecule has 0 bridgehead atoms. The third kappa shape index (κ3) is 3.39. The summed E-state index contributed by atoms with van der Waals surface area (Å²) < 4.78 is 6.09. The highest BCUT2D eigenvalue weighted by atomic mass is 16.5. The molecule has 0 spiro atoms. The molecule has 0 aliphatic carbocycles. The molecule has 2 aromatic heterocycles. The summed E-state index contributed by atoms with van der Waals surface area (Å²) in [5, 5.41) is 0. The SMILES string of the molecule is c1cnc(N2CC[C@@H]3OCCN(Cc4cccnc4)[C@@H]3CC2)nc1. The minimum atomic E-state index is 0.295. The summed E-state index contributed by atoms with van der Waals surface area (Å²) in [7, 11) is 0. The van der Waals surface area contributed by atoms with Gasteiger partial charge in [-0.15, -0.1) is 0 Å². The van der Waals surface area contributed by atoms with Crippen LogP contribution in [0.1, 0.15) is 18.4 Å². The Morgan fingerprint density at radius 1 is 1.04 bits per heavy atom. The number of aromatic nitrogens is 3. The highest BCUT2D eigenvalue weighted by Crippen LogP contribution is 2.26. The van der Waals surface area contributed by atoms with E-state index >= 15 is 0 Å². The minimum Gasteiger partial charge on any atom is -0.375 e. The molecule has 2 atom stereocenters. The molecule has 4 heterocycles. The van der Waals surface area contributed by atoms with Gasteiger partial charge in [0, 0.05) is 57.0 Å². The number of hydrogen-bond donors (Lipinski definition) is 0. The number of morpholine rings is 1. The van der Waals surface area contributed by atoms with Crippen molar-refractivity contribution in [1.29, 1.82) is 0 Å². The van der Waals surface area contributed by atoms with Crippen LogP contribution in [-0.2, 0) is 11.3 Å². The Kier molecular flexibility index (Phi) is 4.66. The van der Waals surface area contributed by atoms with Crippen LogP contribution < -0.4 is 4.90 Å².